The van der Waals surface area contributed by atoms with Gasteiger partial charge < -0.3 is 5.73 Å². The predicted octanol–water partition coefficient (Wildman–Crippen LogP) is 2.75. The second kappa shape index (κ2) is 6.79. The maximum Gasteiger partial charge on any atom is 0.00414 e. The second-order valence-corrected chi connectivity index (χ2v) is 5.15. The van der Waals surface area contributed by atoms with Crippen LogP contribution in [-0.4, -0.2) is 17.5 Å². The van der Waals surface area contributed by atoms with Gasteiger partial charge in [0.25, 0.3) is 0 Å². The van der Waals surface area contributed by atoms with Gasteiger partial charge in [-0.05, 0) is 36.7 Å². The molecule has 2 heteroatoms. The van der Waals surface area contributed by atoms with Crippen LogP contribution in [0, 0.1) is 11.8 Å². The molecule has 0 spiro atoms. The van der Waals surface area contributed by atoms with Gasteiger partial charge in [0.2, 0.25) is 0 Å². The van der Waals surface area contributed by atoms with Gasteiger partial charge in [-0.15, -0.1) is 0 Å². The zero-order valence-corrected chi connectivity index (χ0v) is 9.66. The van der Waals surface area contributed by atoms with Crippen molar-refractivity contribution in [2.24, 2.45) is 17.6 Å². The molecule has 12 heavy (non-hydrogen) atoms. The first-order valence-electron chi connectivity index (χ1n) is 4.92. The monoisotopic (exact) mass is 189 g/mol. The van der Waals surface area contributed by atoms with Crippen LogP contribution in [0.25, 0.3) is 0 Å². The zero-order chi connectivity index (χ0) is 9.56. The van der Waals surface area contributed by atoms with Gasteiger partial charge in [-0.1, -0.05) is 20.8 Å². The third-order valence-electron chi connectivity index (χ3n) is 2.33. The van der Waals surface area contributed by atoms with Crippen molar-refractivity contribution in [2.45, 2.75) is 40.2 Å². The maximum atomic E-state index is 5.91. The highest BCUT2D eigenvalue weighted by atomic mass is 32.2. The van der Waals surface area contributed by atoms with Crippen molar-refractivity contribution in [3.63, 3.8) is 0 Å². The third kappa shape index (κ3) is 5.04. The molecule has 0 aromatic carbocycles. The van der Waals surface area contributed by atoms with Crippen LogP contribution in [0.1, 0.15) is 34.1 Å². The minimum absolute atomic E-state index is 0.349. The molecular weight excluding hydrogens is 166 g/mol. The quantitative estimate of drug-likeness (QED) is 0.650. The van der Waals surface area contributed by atoms with Crippen LogP contribution in [0.5, 0.6) is 0 Å². The first-order valence-corrected chi connectivity index (χ1v) is 6.08. The normalized spacial score (nSPS) is 16.5. The van der Waals surface area contributed by atoms with E-state index in [1.165, 1.54) is 17.9 Å². The van der Waals surface area contributed by atoms with Crippen molar-refractivity contribution in [1.82, 2.24) is 0 Å². The lowest BCUT2D eigenvalue weighted by atomic mass is 9.88. The van der Waals surface area contributed by atoms with E-state index >= 15 is 0 Å². The highest BCUT2D eigenvalue weighted by molar-refractivity contribution is 7.99. The molecule has 2 N–H and O–H groups in total. The minimum atomic E-state index is 0.349. The highest BCUT2D eigenvalue weighted by Gasteiger charge is 2.16. The molecule has 0 aromatic heterocycles. The molecule has 0 radical (unpaired) electrons. The summed E-state index contributed by atoms with van der Waals surface area (Å²) >= 11 is 2.02. The average molecular weight is 189 g/mol. The topological polar surface area (TPSA) is 26.0 Å². The average Bonchev–Trinajstić information content (AvgIpc) is 1.96. The Bertz CT molecular complexity index is 94.0. The lowest BCUT2D eigenvalue weighted by molar-refractivity contribution is 0.324. The summed E-state index contributed by atoms with van der Waals surface area (Å²) in [6.07, 6.45) is 1.27. The number of hydrogen-bond donors (Lipinski definition) is 1. The lowest BCUT2D eigenvalue weighted by Crippen LogP contribution is -2.30. The maximum absolute atomic E-state index is 5.91. The Morgan fingerprint density at radius 1 is 1.25 bits per heavy atom. The molecule has 2 unspecified atom stereocenters. The lowest BCUT2D eigenvalue weighted by Gasteiger charge is -2.24. The van der Waals surface area contributed by atoms with Gasteiger partial charge in [-0.3, -0.25) is 0 Å². The van der Waals surface area contributed by atoms with E-state index in [1.54, 1.807) is 0 Å². The summed E-state index contributed by atoms with van der Waals surface area (Å²) in [6, 6.07) is 0.349. The molecule has 74 valence electrons. The van der Waals surface area contributed by atoms with Crippen molar-refractivity contribution in [3.05, 3.63) is 0 Å². The van der Waals surface area contributed by atoms with E-state index in [9.17, 15) is 0 Å². The van der Waals surface area contributed by atoms with Gasteiger partial charge >= 0.3 is 0 Å². The molecule has 0 aromatic rings. The van der Waals surface area contributed by atoms with E-state index in [4.69, 9.17) is 5.73 Å². The molecule has 0 aliphatic carbocycles. The fourth-order valence-corrected chi connectivity index (χ4v) is 2.29. The van der Waals surface area contributed by atoms with Crippen LogP contribution in [0.15, 0.2) is 0 Å². The van der Waals surface area contributed by atoms with Crippen molar-refractivity contribution in [1.29, 1.82) is 0 Å². The van der Waals surface area contributed by atoms with Crippen LogP contribution >= 0.6 is 11.8 Å². The molecule has 0 saturated carbocycles. The molecule has 0 bridgehead atoms. The standard InChI is InChI=1S/C10H23NS/c1-5-12-7-6-10(8(2)3)9(4)11/h8-10H,5-7,11H2,1-4H3. The van der Waals surface area contributed by atoms with Crippen molar-refractivity contribution < 1.29 is 0 Å². The smallest absolute Gasteiger partial charge is 0.00414 e. The SMILES string of the molecule is CCSCCC(C(C)C)C(C)N. The summed E-state index contributed by atoms with van der Waals surface area (Å²) in [5, 5.41) is 0. The van der Waals surface area contributed by atoms with Gasteiger partial charge in [0, 0.05) is 6.04 Å². The molecule has 2 atom stereocenters. The minimum Gasteiger partial charge on any atom is -0.328 e. The highest BCUT2D eigenvalue weighted by Crippen LogP contribution is 2.20. The summed E-state index contributed by atoms with van der Waals surface area (Å²) in [4.78, 5) is 0. The van der Waals surface area contributed by atoms with E-state index in [0.717, 1.165) is 5.92 Å². The first-order chi connectivity index (χ1) is 5.59. The first kappa shape index (κ1) is 12.3. The molecular formula is C10H23NS. The molecule has 0 aliphatic heterocycles. The summed E-state index contributed by atoms with van der Waals surface area (Å²) in [7, 11) is 0. The summed E-state index contributed by atoms with van der Waals surface area (Å²) in [5.74, 6) is 3.91. The van der Waals surface area contributed by atoms with Gasteiger partial charge in [0.15, 0.2) is 0 Å². The van der Waals surface area contributed by atoms with E-state index in [-0.39, 0.29) is 0 Å². The number of rotatable bonds is 6. The Balaban J connectivity index is 3.64. The van der Waals surface area contributed by atoms with Gasteiger partial charge in [-0.25, -0.2) is 0 Å². The Morgan fingerprint density at radius 2 is 1.83 bits per heavy atom. The molecule has 0 amide bonds. The zero-order valence-electron chi connectivity index (χ0n) is 8.84. The largest absolute Gasteiger partial charge is 0.328 e. The Morgan fingerprint density at radius 3 is 2.17 bits per heavy atom. The van der Waals surface area contributed by atoms with Crippen LogP contribution in [0.3, 0.4) is 0 Å². The number of nitrogens with two attached hydrogens (primary N) is 1. The Hall–Kier alpha value is 0.310. The molecule has 1 nitrogen and oxygen atoms in total. The van der Waals surface area contributed by atoms with Crippen LogP contribution in [0.4, 0.5) is 0 Å². The van der Waals surface area contributed by atoms with Crippen molar-refractivity contribution in [3.8, 4) is 0 Å². The van der Waals surface area contributed by atoms with E-state index < -0.39 is 0 Å². The van der Waals surface area contributed by atoms with Gasteiger partial charge in [0.05, 0.1) is 0 Å². The Labute approximate surface area is 81.5 Å². The predicted molar refractivity (Wildman–Crippen MR) is 59.6 cm³/mol. The van der Waals surface area contributed by atoms with Gasteiger partial charge in [0.1, 0.15) is 0 Å². The van der Waals surface area contributed by atoms with E-state index in [2.05, 4.69) is 27.7 Å². The van der Waals surface area contributed by atoms with Crippen LogP contribution < -0.4 is 5.73 Å². The number of hydrogen-bond acceptors (Lipinski definition) is 2. The molecule has 0 fully saturated rings. The van der Waals surface area contributed by atoms with E-state index in [0.29, 0.717) is 12.0 Å². The molecule has 0 heterocycles. The third-order valence-corrected chi connectivity index (χ3v) is 3.26. The summed E-state index contributed by atoms with van der Waals surface area (Å²) in [6.45, 7) is 8.87. The van der Waals surface area contributed by atoms with Crippen LogP contribution in [0.2, 0.25) is 0 Å². The summed E-state index contributed by atoms with van der Waals surface area (Å²) in [5.41, 5.74) is 5.91. The van der Waals surface area contributed by atoms with Crippen LogP contribution in [-0.2, 0) is 0 Å². The molecule has 0 aliphatic rings. The summed E-state index contributed by atoms with van der Waals surface area (Å²) < 4.78 is 0. The number of thioether (sulfide) groups is 1. The van der Waals surface area contributed by atoms with Gasteiger partial charge in [-0.2, -0.15) is 11.8 Å². The van der Waals surface area contributed by atoms with Crippen molar-refractivity contribution in [2.75, 3.05) is 11.5 Å². The molecule has 0 rings (SSSR count). The second-order valence-electron chi connectivity index (χ2n) is 3.75. The Kier molecular flexibility index (Phi) is 6.96. The molecule has 0 saturated heterocycles. The fraction of sp³-hybridized carbons (Fsp3) is 1.00. The van der Waals surface area contributed by atoms with Crippen molar-refractivity contribution >= 4 is 11.8 Å². The van der Waals surface area contributed by atoms with E-state index in [1.807, 2.05) is 11.8 Å². The fourth-order valence-electron chi connectivity index (χ4n) is 1.57.